The number of halogens is 3. The predicted molar refractivity (Wildman–Crippen MR) is 126 cm³/mol. The molecule has 1 aromatic carbocycles. The minimum absolute atomic E-state index is 0.0640. The minimum Gasteiger partial charge on any atom is -0.384 e. The van der Waals surface area contributed by atoms with Crippen LogP contribution in [-0.2, 0) is 11.2 Å². The number of Topliss-reactive ketones (excluding diaryl/α,β-unsaturated/α-hetero) is 1. The van der Waals surface area contributed by atoms with Crippen molar-refractivity contribution in [3.63, 3.8) is 0 Å². The maximum Gasteiger partial charge on any atom is 0.161 e. The molecule has 30 heavy (non-hydrogen) atoms. The van der Waals surface area contributed by atoms with Gasteiger partial charge in [0.15, 0.2) is 5.78 Å². The normalized spacial score (nSPS) is 19.2. The molecule has 1 aliphatic carbocycles. The van der Waals surface area contributed by atoms with E-state index >= 15 is 0 Å². The summed E-state index contributed by atoms with van der Waals surface area (Å²) in [6.45, 7) is 2.08. The van der Waals surface area contributed by atoms with Crippen LogP contribution >= 0.6 is 50.5 Å². The Morgan fingerprint density at radius 3 is 2.70 bits per heavy atom. The largest absolute Gasteiger partial charge is 0.384 e. The minimum atomic E-state index is -0.446. The number of carbonyl (C=O) groups is 1. The van der Waals surface area contributed by atoms with Crippen molar-refractivity contribution < 1.29 is 4.79 Å². The van der Waals surface area contributed by atoms with E-state index in [9.17, 15) is 10.1 Å². The zero-order chi connectivity index (χ0) is 21.6. The lowest BCUT2D eigenvalue weighted by atomic mass is 9.78. The summed E-state index contributed by atoms with van der Waals surface area (Å²) >= 11 is 17.6. The Bertz CT molecular complexity index is 1160. The second kappa shape index (κ2) is 8.39. The molecule has 0 saturated heterocycles. The first-order chi connectivity index (χ1) is 14.4. The summed E-state index contributed by atoms with van der Waals surface area (Å²) < 4.78 is 0.998. The van der Waals surface area contributed by atoms with Crippen molar-refractivity contribution in [2.24, 2.45) is 5.73 Å². The number of ketones is 1. The van der Waals surface area contributed by atoms with Gasteiger partial charge >= 0.3 is 0 Å². The Morgan fingerprint density at radius 2 is 2.07 bits per heavy atom. The molecule has 1 aromatic heterocycles. The predicted octanol–water partition coefficient (Wildman–Crippen LogP) is 6.68. The highest BCUT2D eigenvalue weighted by Gasteiger charge is 2.41. The molecule has 0 radical (unpaired) electrons. The quantitative estimate of drug-likeness (QED) is 0.487. The molecule has 1 aliphatic heterocycles. The van der Waals surface area contributed by atoms with Crippen molar-refractivity contribution in [1.82, 2.24) is 0 Å². The zero-order valence-electron chi connectivity index (χ0n) is 16.1. The summed E-state index contributed by atoms with van der Waals surface area (Å²) in [4.78, 5) is 17.1. The van der Waals surface area contributed by atoms with Gasteiger partial charge in [0, 0.05) is 37.6 Å². The van der Waals surface area contributed by atoms with Crippen molar-refractivity contribution in [2.75, 3.05) is 4.90 Å². The monoisotopic (exact) mass is 521 g/mol. The van der Waals surface area contributed by atoms with Gasteiger partial charge in [-0.05, 0) is 59.5 Å². The number of anilines is 1. The lowest BCUT2D eigenvalue weighted by Crippen LogP contribution is -2.38. The van der Waals surface area contributed by atoms with Crippen molar-refractivity contribution in [3.05, 3.63) is 71.2 Å². The molecule has 0 bridgehead atoms. The molecular formula is C22H18BrCl2N3OS. The van der Waals surface area contributed by atoms with Crippen LogP contribution in [-0.4, -0.2) is 5.78 Å². The molecule has 2 aromatic rings. The fraction of sp³-hybridized carbons (Fsp3) is 0.273. The van der Waals surface area contributed by atoms with Crippen molar-refractivity contribution in [2.45, 2.75) is 38.5 Å². The molecule has 0 fully saturated rings. The smallest absolute Gasteiger partial charge is 0.161 e. The number of nitriles is 1. The molecule has 2 N–H and O–H groups in total. The van der Waals surface area contributed by atoms with Crippen LogP contribution < -0.4 is 10.6 Å². The highest BCUT2D eigenvalue weighted by Crippen LogP contribution is 2.49. The van der Waals surface area contributed by atoms with Crippen LogP contribution in [0.15, 0.2) is 51.4 Å². The highest BCUT2D eigenvalue weighted by atomic mass is 79.9. The highest BCUT2D eigenvalue weighted by molar-refractivity contribution is 9.10. The SMILES string of the molecule is CCc1sc(C2C(C#N)=C(N)N(c3ccc(Cl)c(Cl)c3)C3=C2C(=O)CCC3)cc1Br. The van der Waals surface area contributed by atoms with E-state index in [1.165, 1.54) is 4.88 Å². The van der Waals surface area contributed by atoms with Crippen LogP contribution in [0.4, 0.5) is 5.69 Å². The van der Waals surface area contributed by atoms with Gasteiger partial charge in [-0.3, -0.25) is 9.69 Å². The number of allylic oxidation sites excluding steroid dienone is 3. The van der Waals surface area contributed by atoms with Gasteiger partial charge in [0.2, 0.25) is 0 Å². The third-order valence-electron chi connectivity index (χ3n) is 5.46. The molecule has 2 aliphatic rings. The number of carbonyl (C=O) groups excluding carboxylic acids is 1. The second-order valence-corrected chi connectivity index (χ2v) is 10.0. The molecular weight excluding hydrogens is 505 g/mol. The van der Waals surface area contributed by atoms with Crippen LogP contribution in [0.1, 0.15) is 41.9 Å². The fourth-order valence-electron chi connectivity index (χ4n) is 4.10. The van der Waals surface area contributed by atoms with E-state index in [2.05, 4.69) is 28.9 Å². The molecule has 1 atom stereocenters. The number of thiophene rings is 1. The van der Waals surface area contributed by atoms with E-state index in [4.69, 9.17) is 28.9 Å². The van der Waals surface area contributed by atoms with E-state index in [1.807, 2.05) is 6.07 Å². The van der Waals surface area contributed by atoms with Crippen LogP contribution in [0.3, 0.4) is 0 Å². The molecule has 4 rings (SSSR count). The summed E-state index contributed by atoms with van der Waals surface area (Å²) in [7, 11) is 0. The van der Waals surface area contributed by atoms with E-state index in [0.717, 1.165) is 27.9 Å². The van der Waals surface area contributed by atoms with Crippen LogP contribution in [0, 0.1) is 11.3 Å². The molecule has 0 amide bonds. The Kier molecular flexibility index (Phi) is 6.00. The standard InChI is InChI=1S/C22H18BrCl2N3OS/c1-2-18-13(23)9-19(30-18)20-12(10-26)22(27)28(11-6-7-14(24)15(25)8-11)16-4-3-5-17(29)21(16)20/h6-9,20H,2-5,27H2,1H3. The van der Waals surface area contributed by atoms with Gasteiger partial charge in [-0.1, -0.05) is 30.1 Å². The summed E-state index contributed by atoms with van der Waals surface area (Å²) in [6.07, 6.45) is 2.78. The summed E-state index contributed by atoms with van der Waals surface area (Å²) in [5, 5.41) is 10.9. The van der Waals surface area contributed by atoms with Crippen molar-refractivity contribution in [3.8, 4) is 6.07 Å². The summed E-state index contributed by atoms with van der Waals surface area (Å²) in [6, 6.07) is 9.51. The second-order valence-electron chi connectivity index (χ2n) is 7.19. The van der Waals surface area contributed by atoms with E-state index in [0.29, 0.717) is 45.5 Å². The first kappa shape index (κ1) is 21.5. The Morgan fingerprint density at radius 1 is 1.30 bits per heavy atom. The van der Waals surface area contributed by atoms with Gasteiger partial charge in [-0.15, -0.1) is 11.3 Å². The van der Waals surface area contributed by atoms with Gasteiger partial charge in [0.1, 0.15) is 5.82 Å². The van der Waals surface area contributed by atoms with E-state index in [-0.39, 0.29) is 5.78 Å². The summed E-state index contributed by atoms with van der Waals surface area (Å²) in [5.41, 5.74) is 9.14. The number of rotatable bonds is 3. The van der Waals surface area contributed by atoms with Gasteiger partial charge in [-0.25, -0.2) is 0 Å². The molecule has 0 spiro atoms. The molecule has 0 saturated carbocycles. The first-order valence-electron chi connectivity index (χ1n) is 9.56. The molecule has 2 heterocycles. The first-order valence-corrected chi connectivity index (χ1v) is 11.9. The maximum absolute atomic E-state index is 13.1. The average molecular weight is 523 g/mol. The average Bonchev–Trinajstić information content (AvgIpc) is 3.10. The van der Waals surface area contributed by atoms with E-state index in [1.54, 1.807) is 34.4 Å². The van der Waals surface area contributed by atoms with Gasteiger partial charge in [0.25, 0.3) is 0 Å². The van der Waals surface area contributed by atoms with Crippen molar-refractivity contribution >= 4 is 61.9 Å². The Labute approximate surface area is 197 Å². The molecule has 154 valence electrons. The maximum atomic E-state index is 13.1. The molecule has 8 heteroatoms. The Hall–Kier alpha value is -1.78. The molecule has 4 nitrogen and oxygen atoms in total. The third kappa shape index (κ3) is 3.48. The number of benzene rings is 1. The fourth-order valence-corrected chi connectivity index (χ4v) is 6.43. The number of nitrogens with two attached hydrogens (primary N) is 1. The Balaban J connectivity index is 1.96. The molecule has 1 unspecified atom stereocenters. The summed E-state index contributed by atoms with van der Waals surface area (Å²) in [5.74, 6) is -0.0514. The van der Waals surface area contributed by atoms with Gasteiger partial charge in [-0.2, -0.15) is 5.26 Å². The zero-order valence-corrected chi connectivity index (χ0v) is 20.1. The van der Waals surface area contributed by atoms with Crippen LogP contribution in [0.2, 0.25) is 10.0 Å². The van der Waals surface area contributed by atoms with Gasteiger partial charge < -0.3 is 5.73 Å². The van der Waals surface area contributed by atoms with E-state index < -0.39 is 5.92 Å². The van der Waals surface area contributed by atoms with Crippen molar-refractivity contribution in [1.29, 1.82) is 5.26 Å². The van der Waals surface area contributed by atoms with Crippen LogP contribution in [0.25, 0.3) is 0 Å². The topological polar surface area (TPSA) is 70.1 Å². The number of hydrogen-bond acceptors (Lipinski definition) is 5. The lowest BCUT2D eigenvalue weighted by molar-refractivity contribution is -0.116. The number of nitrogens with zero attached hydrogens (tertiary/aromatic N) is 2. The lowest BCUT2D eigenvalue weighted by Gasteiger charge is -2.39. The number of aryl methyl sites for hydroxylation is 1. The van der Waals surface area contributed by atoms with Crippen LogP contribution in [0.5, 0.6) is 0 Å². The third-order valence-corrected chi connectivity index (χ3v) is 8.51. The van der Waals surface area contributed by atoms with Gasteiger partial charge in [0.05, 0.1) is 27.6 Å². The number of hydrogen-bond donors (Lipinski definition) is 1.